The molecular formula is C23H24F3NO3S. The summed E-state index contributed by atoms with van der Waals surface area (Å²) in [6.07, 6.45) is -2.22. The monoisotopic (exact) mass is 451 g/mol. The maximum Gasteiger partial charge on any atom is 0.416 e. The fourth-order valence-corrected chi connectivity index (χ4v) is 5.19. The van der Waals surface area contributed by atoms with Gasteiger partial charge < -0.3 is 0 Å². The van der Waals surface area contributed by atoms with Crippen LogP contribution in [0, 0.1) is 11.3 Å². The first kappa shape index (κ1) is 24.6. The van der Waals surface area contributed by atoms with Gasteiger partial charge in [0.2, 0.25) is 9.84 Å². The van der Waals surface area contributed by atoms with Crippen molar-refractivity contribution in [2.75, 3.05) is 0 Å². The van der Waals surface area contributed by atoms with Crippen molar-refractivity contribution in [3.63, 3.8) is 0 Å². The second kappa shape index (κ2) is 10.1. The zero-order valence-electron chi connectivity index (χ0n) is 17.2. The van der Waals surface area contributed by atoms with Gasteiger partial charge in [-0.15, -0.1) is 0 Å². The van der Waals surface area contributed by atoms with Gasteiger partial charge in [0.15, 0.2) is 4.75 Å². The van der Waals surface area contributed by atoms with E-state index in [4.69, 9.17) is 0 Å². The third-order valence-corrected chi connectivity index (χ3v) is 7.53. The number of rotatable bonds is 10. The summed E-state index contributed by atoms with van der Waals surface area (Å²) in [5.41, 5.74) is -0.807. The van der Waals surface area contributed by atoms with Gasteiger partial charge >= 0.3 is 6.18 Å². The predicted octanol–water partition coefficient (Wildman–Crippen LogP) is 5.83. The predicted molar refractivity (Wildman–Crippen MR) is 111 cm³/mol. The second-order valence-corrected chi connectivity index (χ2v) is 9.50. The number of nitrogens with zero attached hydrogens (tertiary/aromatic N) is 1. The molecule has 2 aromatic rings. The van der Waals surface area contributed by atoms with Gasteiger partial charge in [-0.3, -0.25) is 4.79 Å². The maximum atomic E-state index is 13.5. The summed E-state index contributed by atoms with van der Waals surface area (Å²) >= 11 is 0. The highest BCUT2D eigenvalue weighted by molar-refractivity contribution is 7.92. The minimum Gasteiger partial charge on any atom is -0.300 e. The fourth-order valence-electron chi connectivity index (χ4n) is 3.36. The smallest absolute Gasteiger partial charge is 0.300 e. The van der Waals surface area contributed by atoms with Crippen molar-refractivity contribution >= 4 is 15.6 Å². The molecule has 0 N–H and O–H groups in total. The van der Waals surface area contributed by atoms with Crippen LogP contribution in [0.2, 0.25) is 0 Å². The zero-order chi connectivity index (χ0) is 23.1. The van der Waals surface area contributed by atoms with E-state index < -0.39 is 31.2 Å². The van der Waals surface area contributed by atoms with Gasteiger partial charge in [-0.25, -0.2) is 8.42 Å². The normalized spacial score (nSPS) is 13.9. The van der Waals surface area contributed by atoms with Crippen LogP contribution in [0.1, 0.15) is 56.6 Å². The molecule has 0 heterocycles. The largest absolute Gasteiger partial charge is 0.416 e. The van der Waals surface area contributed by atoms with Gasteiger partial charge in [0, 0.05) is 12.8 Å². The van der Waals surface area contributed by atoms with Gasteiger partial charge in [-0.05, 0) is 42.7 Å². The molecule has 8 heteroatoms. The molecule has 0 radical (unpaired) electrons. The minimum atomic E-state index is -4.61. The Morgan fingerprint density at radius 2 is 1.55 bits per heavy atom. The molecule has 31 heavy (non-hydrogen) atoms. The number of halogens is 3. The molecule has 0 bridgehead atoms. The summed E-state index contributed by atoms with van der Waals surface area (Å²) < 4.78 is 63.6. The van der Waals surface area contributed by atoms with Crippen LogP contribution < -0.4 is 0 Å². The Morgan fingerprint density at radius 3 is 2.06 bits per heavy atom. The van der Waals surface area contributed by atoms with Crippen LogP contribution in [0.15, 0.2) is 59.5 Å². The first-order valence-electron chi connectivity index (χ1n) is 9.99. The van der Waals surface area contributed by atoms with Crippen molar-refractivity contribution in [2.24, 2.45) is 0 Å². The van der Waals surface area contributed by atoms with Crippen LogP contribution in [0.4, 0.5) is 13.2 Å². The van der Waals surface area contributed by atoms with Crippen molar-refractivity contribution in [2.45, 2.75) is 61.3 Å². The fraction of sp³-hybridized carbons (Fsp3) is 0.391. The van der Waals surface area contributed by atoms with Crippen LogP contribution in [-0.4, -0.2) is 14.2 Å². The Labute approximate surface area is 180 Å². The molecule has 1 atom stereocenters. The summed E-state index contributed by atoms with van der Waals surface area (Å²) in [5, 5.41) is 10.0. The van der Waals surface area contributed by atoms with Crippen LogP contribution in [0.25, 0.3) is 0 Å². The van der Waals surface area contributed by atoms with Gasteiger partial charge in [0.25, 0.3) is 0 Å². The summed E-state index contributed by atoms with van der Waals surface area (Å²) in [5.74, 6) is -0.147. The maximum absolute atomic E-state index is 13.5. The molecule has 0 saturated heterocycles. The molecule has 166 valence electrons. The van der Waals surface area contributed by atoms with Crippen LogP contribution in [-0.2, 0) is 25.6 Å². The number of ketones is 1. The molecule has 0 amide bonds. The number of carbonyl (C=O) groups excluding carboxylic acids is 1. The van der Waals surface area contributed by atoms with Crippen molar-refractivity contribution in [3.8, 4) is 6.07 Å². The molecular weight excluding hydrogens is 427 g/mol. The molecule has 0 aliphatic rings. The lowest BCUT2D eigenvalue weighted by Gasteiger charge is -2.27. The van der Waals surface area contributed by atoms with E-state index in [0.717, 1.165) is 25.0 Å². The Bertz CT molecular complexity index is 1030. The highest BCUT2D eigenvalue weighted by Crippen LogP contribution is 2.40. The Kier molecular flexibility index (Phi) is 8.02. The molecule has 0 unspecified atom stereocenters. The third-order valence-electron chi connectivity index (χ3n) is 5.19. The molecule has 0 spiro atoms. The molecule has 0 saturated carbocycles. The van der Waals surface area contributed by atoms with Crippen molar-refractivity contribution < 1.29 is 26.4 Å². The zero-order valence-corrected chi connectivity index (χ0v) is 18.0. The number of benzene rings is 2. The molecule has 2 rings (SSSR count). The highest BCUT2D eigenvalue weighted by atomic mass is 32.2. The SMILES string of the molecule is CCCCCC(=O)CC[C@@](C#N)(c1ccccc1)S(=O)(=O)c1ccc(C(F)(F)F)cc1. The number of hydrogen-bond donors (Lipinski definition) is 0. The highest BCUT2D eigenvalue weighted by Gasteiger charge is 2.47. The minimum absolute atomic E-state index is 0.119. The number of carbonyl (C=O) groups is 1. The van der Waals surface area contributed by atoms with E-state index in [1.807, 2.05) is 13.0 Å². The van der Waals surface area contributed by atoms with Gasteiger partial charge in [0.05, 0.1) is 16.5 Å². The van der Waals surface area contributed by atoms with E-state index in [-0.39, 0.29) is 24.2 Å². The summed E-state index contributed by atoms with van der Waals surface area (Å²) in [4.78, 5) is 11.9. The average Bonchev–Trinajstić information content (AvgIpc) is 2.75. The number of sulfone groups is 1. The lowest BCUT2D eigenvalue weighted by molar-refractivity contribution is -0.137. The van der Waals surface area contributed by atoms with Gasteiger partial charge in [-0.1, -0.05) is 50.1 Å². The van der Waals surface area contributed by atoms with Crippen LogP contribution in [0.5, 0.6) is 0 Å². The average molecular weight is 452 g/mol. The number of alkyl halides is 3. The Hall–Kier alpha value is -2.66. The van der Waals surface area contributed by atoms with Crippen molar-refractivity contribution in [3.05, 3.63) is 65.7 Å². The van der Waals surface area contributed by atoms with E-state index in [0.29, 0.717) is 25.0 Å². The number of unbranched alkanes of at least 4 members (excludes halogenated alkanes) is 2. The van der Waals surface area contributed by atoms with E-state index in [1.165, 1.54) is 12.1 Å². The first-order valence-corrected chi connectivity index (χ1v) is 11.5. The topological polar surface area (TPSA) is 75.0 Å². The van der Waals surface area contributed by atoms with Crippen molar-refractivity contribution in [1.29, 1.82) is 5.26 Å². The third kappa shape index (κ3) is 5.53. The van der Waals surface area contributed by atoms with E-state index in [9.17, 15) is 31.6 Å². The summed E-state index contributed by atoms with van der Waals surface area (Å²) in [6.45, 7) is 2.00. The molecule has 2 aromatic carbocycles. The second-order valence-electron chi connectivity index (χ2n) is 7.33. The van der Waals surface area contributed by atoms with E-state index >= 15 is 0 Å². The summed E-state index contributed by atoms with van der Waals surface area (Å²) in [7, 11) is -4.43. The van der Waals surface area contributed by atoms with Crippen molar-refractivity contribution in [1.82, 2.24) is 0 Å². The Balaban J connectivity index is 2.47. The number of Topliss-reactive ketones (excluding diaryl/α,β-unsaturated/α-hetero) is 1. The lowest BCUT2D eigenvalue weighted by Crippen LogP contribution is -2.35. The number of hydrogen-bond acceptors (Lipinski definition) is 4. The van der Waals surface area contributed by atoms with Crippen LogP contribution >= 0.6 is 0 Å². The van der Waals surface area contributed by atoms with Gasteiger partial charge in [-0.2, -0.15) is 18.4 Å². The quantitative estimate of drug-likeness (QED) is 0.426. The molecule has 0 aromatic heterocycles. The molecule has 0 aliphatic heterocycles. The standard InChI is InChI=1S/C23H24F3NO3S/c1-2-3-5-10-20(28)15-16-22(17-27,18-8-6-4-7-9-18)31(29,30)21-13-11-19(12-14-21)23(24,25)26/h4,6-9,11-14H,2-3,5,10,15-16H2,1H3/t22-/m1/s1. The van der Waals surface area contributed by atoms with E-state index in [1.54, 1.807) is 18.2 Å². The number of nitriles is 1. The molecule has 4 nitrogen and oxygen atoms in total. The first-order chi connectivity index (χ1) is 14.6. The molecule has 0 aliphatic carbocycles. The van der Waals surface area contributed by atoms with Gasteiger partial charge in [0.1, 0.15) is 5.78 Å². The van der Waals surface area contributed by atoms with Crippen LogP contribution in [0.3, 0.4) is 0 Å². The lowest BCUT2D eigenvalue weighted by atomic mass is 9.92. The van der Waals surface area contributed by atoms with E-state index in [2.05, 4.69) is 0 Å². The summed E-state index contributed by atoms with van der Waals surface area (Å²) in [6, 6.07) is 12.7. The Morgan fingerprint density at radius 1 is 0.935 bits per heavy atom. The molecule has 0 fully saturated rings.